The molecule has 0 spiro atoms. The molecule has 0 aromatic carbocycles. The first-order valence-electron chi connectivity index (χ1n) is 5.89. The van der Waals surface area contributed by atoms with Gasteiger partial charge in [-0.05, 0) is 12.5 Å². The predicted molar refractivity (Wildman–Crippen MR) is 70.1 cm³/mol. The average molecular weight is 289 g/mol. The van der Waals surface area contributed by atoms with Crippen LogP contribution in [0, 0.1) is 0 Å². The van der Waals surface area contributed by atoms with Crippen LogP contribution in [0.25, 0.3) is 0 Å². The molecule has 19 heavy (non-hydrogen) atoms. The van der Waals surface area contributed by atoms with Gasteiger partial charge in [-0.2, -0.15) is 0 Å². The topological polar surface area (TPSA) is 80.6 Å². The van der Waals surface area contributed by atoms with Gasteiger partial charge >= 0.3 is 5.97 Å². The zero-order valence-corrected chi connectivity index (χ0v) is 11.6. The molecule has 0 bridgehead atoms. The van der Waals surface area contributed by atoms with Crippen LogP contribution in [0.15, 0.2) is 12.3 Å². The van der Waals surface area contributed by atoms with E-state index in [0.29, 0.717) is 17.3 Å². The molecule has 0 radical (unpaired) electrons. The Hall–Kier alpha value is -1.53. The number of carbonyl (C=O) groups excluding carboxylic acids is 2. The van der Waals surface area contributed by atoms with Crippen molar-refractivity contribution in [3.05, 3.63) is 23.0 Å². The van der Waals surface area contributed by atoms with E-state index < -0.39 is 18.0 Å². The van der Waals surface area contributed by atoms with Crippen LogP contribution >= 0.6 is 11.6 Å². The normalized spacial score (nSPS) is 12.0. The van der Waals surface area contributed by atoms with Gasteiger partial charge in [0.05, 0.1) is 18.7 Å². The number of aromatic nitrogens is 1. The predicted octanol–water partition coefficient (Wildman–Crippen LogP) is 0.815. The van der Waals surface area contributed by atoms with Gasteiger partial charge in [0.2, 0.25) is 0 Å². The molecule has 6 nitrogen and oxygen atoms in total. The van der Waals surface area contributed by atoms with E-state index in [1.54, 1.807) is 10.8 Å². The molecule has 0 fully saturated rings. The Kier molecular flexibility index (Phi) is 5.85. The number of aliphatic hydroxyl groups is 1. The highest BCUT2D eigenvalue weighted by Gasteiger charge is 2.18. The number of nitrogens with zero attached hydrogens (tertiary/aromatic N) is 1. The maximum Gasteiger partial charge on any atom is 0.336 e. The van der Waals surface area contributed by atoms with E-state index >= 15 is 0 Å². The highest BCUT2D eigenvalue weighted by atomic mass is 35.5. The van der Waals surface area contributed by atoms with Gasteiger partial charge < -0.3 is 19.7 Å². The van der Waals surface area contributed by atoms with Gasteiger partial charge in [-0.25, -0.2) is 4.79 Å². The van der Waals surface area contributed by atoms with Gasteiger partial charge in [-0.15, -0.1) is 0 Å². The molecule has 1 rings (SSSR count). The number of ether oxygens (including phenoxy) is 1. The van der Waals surface area contributed by atoms with Crippen molar-refractivity contribution in [3.63, 3.8) is 0 Å². The van der Waals surface area contributed by atoms with Crippen molar-refractivity contribution in [2.45, 2.75) is 26.0 Å². The lowest BCUT2D eigenvalue weighted by molar-refractivity contribution is -0.149. The van der Waals surface area contributed by atoms with Gasteiger partial charge in [0.25, 0.3) is 5.91 Å². The number of halogens is 1. The quantitative estimate of drug-likeness (QED) is 0.759. The number of aliphatic hydroxyl groups excluding tert-OH is 1. The summed E-state index contributed by atoms with van der Waals surface area (Å²) in [6, 6.07) is 1.54. The monoisotopic (exact) mass is 288 g/mol. The Morgan fingerprint density at radius 2 is 2.26 bits per heavy atom. The molecule has 1 amide bonds. The largest absolute Gasteiger partial charge is 0.467 e. The van der Waals surface area contributed by atoms with Crippen LogP contribution in [-0.4, -0.2) is 41.3 Å². The van der Waals surface area contributed by atoms with Crippen LogP contribution in [0.4, 0.5) is 0 Å². The van der Waals surface area contributed by atoms with Gasteiger partial charge in [-0.3, -0.25) is 4.79 Å². The maximum atomic E-state index is 11.9. The zero-order chi connectivity index (χ0) is 14.4. The van der Waals surface area contributed by atoms with Crippen molar-refractivity contribution in [2.75, 3.05) is 13.7 Å². The molecule has 0 aliphatic heterocycles. The Morgan fingerprint density at radius 3 is 2.84 bits per heavy atom. The van der Waals surface area contributed by atoms with Crippen molar-refractivity contribution in [2.24, 2.45) is 0 Å². The van der Waals surface area contributed by atoms with E-state index in [0.717, 1.165) is 6.42 Å². The Balaban J connectivity index is 2.65. The van der Waals surface area contributed by atoms with E-state index in [2.05, 4.69) is 10.1 Å². The Morgan fingerprint density at radius 1 is 1.58 bits per heavy atom. The van der Waals surface area contributed by atoms with E-state index in [4.69, 9.17) is 11.6 Å². The lowest BCUT2D eigenvalue weighted by Gasteiger charge is -2.11. The molecule has 1 unspecified atom stereocenters. The maximum absolute atomic E-state index is 11.9. The van der Waals surface area contributed by atoms with Crippen LogP contribution in [0.5, 0.6) is 0 Å². The lowest BCUT2D eigenvalue weighted by Crippen LogP contribution is -2.37. The second-order valence-electron chi connectivity index (χ2n) is 3.99. The molecule has 0 aliphatic carbocycles. The second kappa shape index (κ2) is 7.16. The summed E-state index contributed by atoms with van der Waals surface area (Å²) in [5.41, 5.74) is 0.393. The minimum absolute atomic E-state index is 0.208. The molecular weight excluding hydrogens is 272 g/mol. The third-order valence-electron chi connectivity index (χ3n) is 2.49. The zero-order valence-electron chi connectivity index (χ0n) is 10.9. The van der Waals surface area contributed by atoms with Crippen molar-refractivity contribution >= 4 is 23.5 Å². The first-order chi connectivity index (χ1) is 8.99. The van der Waals surface area contributed by atoms with Gasteiger partial charge in [0.15, 0.2) is 6.10 Å². The van der Waals surface area contributed by atoms with E-state index in [1.165, 1.54) is 13.2 Å². The number of nitrogens with one attached hydrogen (secondary N) is 1. The fourth-order valence-corrected chi connectivity index (χ4v) is 1.81. The smallest absolute Gasteiger partial charge is 0.336 e. The number of hydrogen-bond donors (Lipinski definition) is 2. The second-order valence-corrected chi connectivity index (χ2v) is 4.42. The number of methoxy groups -OCH3 is 1. The molecule has 1 heterocycles. The molecular formula is C12H17ClN2O4. The minimum atomic E-state index is -1.38. The molecule has 106 valence electrons. The summed E-state index contributed by atoms with van der Waals surface area (Å²) in [4.78, 5) is 22.9. The third kappa shape index (κ3) is 4.25. The van der Waals surface area contributed by atoms with Crippen molar-refractivity contribution in [3.8, 4) is 0 Å². The molecule has 0 saturated carbocycles. The number of aryl methyl sites for hydroxylation is 1. The Labute approximate surface area is 116 Å². The van der Waals surface area contributed by atoms with Crippen molar-refractivity contribution in [1.29, 1.82) is 0 Å². The molecule has 2 N–H and O–H groups in total. The summed E-state index contributed by atoms with van der Waals surface area (Å²) < 4.78 is 6.07. The number of carbonyl (C=O) groups is 2. The summed E-state index contributed by atoms with van der Waals surface area (Å²) in [6.07, 6.45) is 1.14. The number of amides is 1. The van der Waals surface area contributed by atoms with Crippen LogP contribution in [-0.2, 0) is 16.1 Å². The van der Waals surface area contributed by atoms with Crippen LogP contribution in [0.3, 0.4) is 0 Å². The summed E-state index contributed by atoms with van der Waals surface area (Å²) in [7, 11) is 1.17. The number of hydrogen-bond acceptors (Lipinski definition) is 4. The minimum Gasteiger partial charge on any atom is -0.467 e. The molecule has 7 heteroatoms. The number of esters is 1. The summed E-state index contributed by atoms with van der Waals surface area (Å²) >= 11 is 5.86. The SMILES string of the molecule is CCCn1cc(Cl)cc1C(=O)NCC(O)C(=O)OC. The first-order valence-corrected chi connectivity index (χ1v) is 6.27. The van der Waals surface area contributed by atoms with E-state index in [-0.39, 0.29) is 6.54 Å². The highest BCUT2D eigenvalue weighted by molar-refractivity contribution is 6.31. The fourth-order valence-electron chi connectivity index (χ4n) is 1.59. The summed E-state index contributed by atoms with van der Waals surface area (Å²) in [6.45, 7) is 2.44. The molecule has 1 aromatic rings. The molecule has 0 saturated heterocycles. The molecule has 1 atom stereocenters. The lowest BCUT2D eigenvalue weighted by atomic mass is 10.3. The average Bonchev–Trinajstić information content (AvgIpc) is 2.76. The van der Waals surface area contributed by atoms with Crippen LogP contribution < -0.4 is 5.32 Å². The van der Waals surface area contributed by atoms with Gasteiger partial charge in [0.1, 0.15) is 5.69 Å². The summed E-state index contributed by atoms with van der Waals surface area (Å²) in [5.74, 6) is -1.19. The van der Waals surface area contributed by atoms with Crippen LogP contribution in [0.1, 0.15) is 23.8 Å². The van der Waals surface area contributed by atoms with Crippen molar-refractivity contribution < 1.29 is 19.4 Å². The molecule has 1 aromatic heterocycles. The van der Waals surface area contributed by atoms with Gasteiger partial charge in [-0.1, -0.05) is 18.5 Å². The Bertz CT molecular complexity index is 459. The van der Waals surface area contributed by atoms with Crippen LogP contribution in [0.2, 0.25) is 5.02 Å². The molecule has 0 aliphatic rings. The van der Waals surface area contributed by atoms with E-state index in [1.807, 2.05) is 6.92 Å². The highest BCUT2D eigenvalue weighted by Crippen LogP contribution is 2.14. The first kappa shape index (κ1) is 15.5. The third-order valence-corrected chi connectivity index (χ3v) is 2.70. The number of rotatable bonds is 6. The fraction of sp³-hybridized carbons (Fsp3) is 0.500. The standard InChI is InChI=1S/C12H17ClN2O4/c1-3-4-15-7-8(13)5-9(15)11(17)14-6-10(16)12(18)19-2/h5,7,10,16H,3-4,6H2,1-2H3,(H,14,17). The van der Waals surface area contributed by atoms with Gasteiger partial charge in [0, 0.05) is 12.7 Å². The van der Waals surface area contributed by atoms with Crippen molar-refractivity contribution in [1.82, 2.24) is 9.88 Å². The van der Waals surface area contributed by atoms with E-state index in [9.17, 15) is 14.7 Å². The summed E-state index contributed by atoms with van der Waals surface area (Å²) in [5, 5.41) is 12.3.